The number of morpholine rings is 1. The average molecular weight is 531 g/mol. The Morgan fingerprint density at radius 1 is 1.08 bits per heavy atom. The Hall–Kier alpha value is -2.77. The van der Waals surface area contributed by atoms with Gasteiger partial charge in [0.2, 0.25) is 10.0 Å². The van der Waals surface area contributed by atoms with Crippen LogP contribution in [0.5, 0.6) is 0 Å². The second-order valence-corrected chi connectivity index (χ2v) is 11.5. The van der Waals surface area contributed by atoms with E-state index >= 15 is 0 Å². The molecule has 0 saturated carbocycles. The van der Waals surface area contributed by atoms with Crippen LogP contribution in [0.2, 0.25) is 5.15 Å². The van der Waals surface area contributed by atoms with E-state index in [9.17, 15) is 8.42 Å². The van der Waals surface area contributed by atoms with Crippen molar-refractivity contribution in [2.24, 2.45) is 0 Å². The number of benzene rings is 1. The van der Waals surface area contributed by atoms with E-state index in [0.29, 0.717) is 62.4 Å². The number of H-pyrrole nitrogens is 1. The summed E-state index contributed by atoms with van der Waals surface area (Å²) in [6.07, 6.45) is 5.01. The van der Waals surface area contributed by atoms with Crippen LogP contribution in [0.3, 0.4) is 0 Å². The molecule has 2 aliphatic heterocycles. The zero-order valence-electron chi connectivity index (χ0n) is 19.9. The molecule has 1 N–H and O–H groups in total. The summed E-state index contributed by atoms with van der Waals surface area (Å²) in [4.78, 5) is 14.4. The highest BCUT2D eigenvalue weighted by molar-refractivity contribution is 7.88. The number of hydrogen-bond donors (Lipinski definition) is 1. The molecule has 13 heteroatoms. The number of piperazine rings is 1. The fourth-order valence-electron chi connectivity index (χ4n) is 4.91. The van der Waals surface area contributed by atoms with Gasteiger partial charge in [-0.25, -0.2) is 18.4 Å². The van der Waals surface area contributed by atoms with Gasteiger partial charge in [0.25, 0.3) is 0 Å². The second-order valence-electron chi connectivity index (χ2n) is 9.18. The molecule has 2 saturated heterocycles. The summed E-state index contributed by atoms with van der Waals surface area (Å²) >= 11 is 6.98. The highest BCUT2D eigenvalue weighted by Gasteiger charge is 2.26. The molecule has 0 bridgehead atoms. The molecule has 0 atom stereocenters. The highest BCUT2D eigenvalue weighted by Crippen LogP contribution is 2.35. The summed E-state index contributed by atoms with van der Waals surface area (Å²) in [5.41, 5.74) is 4.05. The molecular formula is C23H27ClN8O3S. The Labute approximate surface area is 213 Å². The minimum atomic E-state index is -3.17. The standard InChI is InChI=1S/C23H27ClN8O3S/c1-36(33,34)31-7-5-29(6-8-31)14-16-15-32-21(24)20(17-3-2-4-19-18(17)13-25-28-19)27-22(23(32)26-16)30-9-11-35-12-10-30/h2-4,13,15H,5-12,14H2,1H3,(H,25,28). The van der Waals surface area contributed by atoms with E-state index in [1.165, 1.54) is 10.6 Å². The predicted octanol–water partition coefficient (Wildman–Crippen LogP) is 1.84. The Morgan fingerprint density at radius 3 is 2.61 bits per heavy atom. The van der Waals surface area contributed by atoms with Crippen LogP contribution in [0.25, 0.3) is 27.8 Å². The number of ether oxygens (including phenoxy) is 1. The van der Waals surface area contributed by atoms with Crippen LogP contribution in [-0.4, -0.2) is 101 Å². The van der Waals surface area contributed by atoms with Crippen LogP contribution >= 0.6 is 11.6 Å². The smallest absolute Gasteiger partial charge is 0.211 e. The lowest BCUT2D eigenvalue weighted by Crippen LogP contribution is -2.47. The SMILES string of the molecule is CS(=O)(=O)N1CCN(Cc2cn3c(Cl)c(-c4cccc5[nH]ncc45)nc(N4CCOCC4)c3n2)CC1. The molecule has 190 valence electrons. The van der Waals surface area contributed by atoms with Gasteiger partial charge in [-0.3, -0.25) is 14.4 Å². The van der Waals surface area contributed by atoms with Gasteiger partial charge in [-0.2, -0.15) is 9.40 Å². The molecule has 2 aliphatic rings. The van der Waals surface area contributed by atoms with Crippen molar-refractivity contribution in [2.45, 2.75) is 6.54 Å². The third-order valence-electron chi connectivity index (χ3n) is 6.82. The van der Waals surface area contributed by atoms with Gasteiger partial charge in [0.15, 0.2) is 11.5 Å². The predicted molar refractivity (Wildman–Crippen MR) is 138 cm³/mol. The van der Waals surface area contributed by atoms with Gasteiger partial charge < -0.3 is 9.64 Å². The number of hydrogen-bond acceptors (Lipinski definition) is 8. The van der Waals surface area contributed by atoms with Crippen molar-refractivity contribution in [1.82, 2.24) is 33.8 Å². The van der Waals surface area contributed by atoms with Gasteiger partial charge in [-0.1, -0.05) is 23.7 Å². The zero-order chi connectivity index (χ0) is 24.9. The minimum absolute atomic E-state index is 0.479. The van der Waals surface area contributed by atoms with E-state index in [4.69, 9.17) is 26.3 Å². The lowest BCUT2D eigenvalue weighted by Gasteiger charge is -2.32. The summed E-state index contributed by atoms with van der Waals surface area (Å²) in [5.74, 6) is 0.770. The molecule has 2 fully saturated rings. The summed E-state index contributed by atoms with van der Waals surface area (Å²) < 4.78 is 32.7. The topological polar surface area (TPSA) is 112 Å². The highest BCUT2D eigenvalue weighted by atomic mass is 35.5. The quantitative estimate of drug-likeness (QED) is 0.416. The summed E-state index contributed by atoms with van der Waals surface area (Å²) in [6, 6.07) is 5.93. The number of imidazole rings is 1. The number of sulfonamides is 1. The first-order valence-electron chi connectivity index (χ1n) is 11.9. The largest absolute Gasteiger partial charge is 0.378 e. The number of rotatable bonds is 5. The lowest BCUT2D eigenvalue weighted by atomic mass is 10.1. The normalized spacial score (nSPS) is 18.4. The van der Waals surface area contributed by atoms with Gasteiger partial charge in [0.1, 0.15) is 10.8 Å². The third-order valence-corrected chi connectivity index (χ3v) is 8.48. The molecule has 36 heavy (non-hydrogen) atoms. The van der Waals surface area contributed by atoms with E-state index < -0.39 is 10.0 Å². The van der Waals surface area contributed by atoms with Crippen molar-refractivity contribution in [1.29, 1.82) is 0 Å². The third kappa shape index (κ3) is 4.33. The summed E-state index contributed by atoms with van der Waals surface area (Å²) in [6.45, 7) is 5.55. The fraction of sp³-hybridized carbons (Fsp3) is 0.435. The molecule has 1 aromatic carbocycles. The number of anilines is 1. The average Bonchev–Trinajstić information content (AvgIpc) is 3.52. The van der Waals surface area contributed by atoms with E-state index in [0.717, 1.165) is 41.1 Å². The Balaban J connectivity index is 1.40. The Morgan fingerprint density at radius 2 is 1.86 bits per heavy atom. The van der Waals surface area contributed by atoms with Crippen molar-refractivity contribution >= 4 is 44.0 Å². The van der Waals surface area contributed by atoms with Crippen molar-refractivity contribution in [3.8, 4) is 11.3 Å². The van der Waals surface area contributed by atoms with Crippen molar-refractivity contribution in [2.75, 3.05) is 63.6 Å². The van der Waals surface area contributed by atoms with Gasteiger partial charge in [0.05, 0.1) is 36.9 Å². The number of aromatic amines is 1. The molecule has 4 aromatic rings. The van der Waals surface area contributed by atoms with Crippen LogP contribution < -0.4 is 4.90 Å². The number of nitrogens with one attached hydrogen (secondary N) is 1. The zero-order valence-corrected chi connectivity index (χ0v) is 21.5. The molecule has 11 nitrogen and oxygen atoms in total. The number of halogens is 1. The number of nitrogens with zero attached hydrogens (tertiary/aromatic N) is 7. The maximum atomic E-state index is 11.9. The first-order chi connectivity index (χ1) is 17.4. The fourth-order valence-corrected chi connectivity index (χ4v) is 6.01. The van der Waals surface area contributed by atoms with Crippen LogP contribution in [0.4, 0.5) is 5.82 Å². The first-order valence-corrected chi connectivity index (χ1v) is 14.1. The van der Waals surface area contributed by atoms with E-state index in [-0.39, 0.29) is 0 Å². The van der Waals surface area contributed by atoms with Crippen LogP contribution in [-0.2, 0) is 21.3 Å². The minimum Gasteiger partial charge on any atom is -0.378 e. The Kier molecular flexibility index (Phi) is 6.08. The molecule has 0 amide bonds. The maximum absolute atomic E-state index is 11.9. The van der Waals surface area contributed by atoms with Crippen molar-refractivity contribution in [3.63, 3.8) is 0 Å². The van der Waals surface area contributed by atoms with Gasteiger partial charge >= 0.3 is 0 Å². The van der Waals surface area contributed by atoms with Crippen LogP contribution in [0.1, 0.15) is 5.69 Å². The van der Waals surface area contributed by atoms with Crippen LogP contribution in [0, 0.1) is 0 Å². The Bertz CT molecular complexity index is 1520. The molecule has 5 heterocycles. The summed E-state index contributed by atoms with van der Waals surface area (Å²) in [5, 5.41) is 8.64. The molecule has 0 aliphatic carbocycles. The monoisotopic (exact) mass is 530 g/mol. The number of fused-ring (bicyclic) bond motifs is 2. The van der Waals surface area contributed by atoms with Crippen molar-refractivity contribution < 1.29 is 13.2 Å². The lowest BCUT2D eigenvalue weighted by molar-refractivity contribution is 0.122. The van der Waals surface area contributed by atoms with E-state index in [1.54, 1.807) is 6.20 Å². The van der Waals surface area contributed by atoms with Gasteiger partial charge in [-0.15, -0.1) is 0 Å². The molecule has 0 radical (unpaired) electrons. The molecular weight excluding hydrogens is 504 g/mol. The van der Waals surface area contributed by atoms with Crippen LogP contribution in [0.15, 0.2) is 30.6 Å². The second kappa shape index (κ2) is 9.27. The summed E-state index contributed by atoms with van der Waals surface area (Å²) in [7, 11) is -3.17. The molecule has 0 unspecified atom stereocenters. The van der Waals surface area contributed by atoms with E-state index in [1.807, 2.05) is 28.8 Å². The first kappa shape index (κ1) is 23.6. The molecule has 3 aromatic heterocycles. The molecule has 6 rings (SSSR count). The van der Waals surface area contributed by atoms with Gasteiger partial charge in [-0.05, 0) is 6.07 Å². The van der Waals surface area contributed by atoms with Crippen molar-refractivity contribution in [3.05, 3.63) is 41.4 Å². The maximum Gasteiger partial charge on any atom is 0.211 e. The van der Waals surface area contributed by atoms with E-state index in [2.05, 4.69) is 20.0 Å². The number of aromatic nitrogens is 5. The van der Waals surface area contributed by atoms with Gasteiger partial charge in [0, 0.05) is 63.0 Å². The molecule has 0 spiro atoms.